The van der Waals surface area contributed by atoms with Crippen LogP contribution in [0.5, 0.6) is 0 Å². The summed E-state index contributed by atoms with van der Waals surface area (Å²) in [6, 6.07) is -0.325. The summed E-state index contributed by atoms with van der Waals surface area (Å²) in [5.41, 5.74) is 5.74. The maximum Gasteiger partial charge on any atom is 0.236 e. The van der Waals surface area contributed by atoms with Crippen molar-refractivity contribution in [3.05, 3.63) is 0 Å². The normalized spacial score (nSPS) is 23.3. The summed E-state index contributed by atoms with van der Waals surface area (Å²) >= 11 is 0. The molecule has 1 aliphatic rings. The van der Waals surface area contributed by atoms with Crippen molar-refractivity contribution in [1.82, 2.24) is 10.2 Å². The van der Waals surface area contributed by atoms with Gasteiger partial charge in [-0.15, -0.1) is 0 Å². The minimum absolute atomic E-state index is 0.0109. The van der Waals surface area contributed by atoms with E-state index in [-0.39, 0.29) is 11.9 Å². The second-order valence-electron chi connectivity index (χ2n) is 4.69. The average Bonchev–Trinajstić information content (AvgIpc) is 2.74. The van der Waals surface area contributed by atoms with Gasteiger partial charge in [0.25, 0.3) is 0 Å². The molecule has 0 aliphatic carbocycles. The Hall–Kier alpha value is -0.610. The number of carbonyl (C=O) groups is 1. The Bertz CT molecular complexity index is 220. The fourth-order valence-corrected chi connectivity index (χ4v) is 2.18. The first-order valence-electron chi connectivity index (χ1n) is 6.43. The lowest BCUT2D eigenvalue weighted by Crippen LogP contribution is -2.42. The lowest BCUT2D eigenvalue weighted by molar-refractivity contribution is -0.122. The van der Waals surface area contributed by atoms with E-state index in [9.17, 15) is 4.79 Å². The molecule has 1 heterocycles. The predicted octanol–water partition coefficient (Wildman–Crippen LogP) is 0.572. The number of likely N-dealkylation sites (tertiary alicyclic amines) is 1. The third-order valence-corrected chi connectivity index (χ3v) is 3.32. The molecule has 1 fully saturated rings. The maximum absolute atomic E-state index is 11.6. The van der Waals surface area contributed by atoms with E-state index < -0.39 is 0 Å². The van der Waals surface area contributed by atoms with Gasteiger partial charge in [0.2, 0.25) is 5.91 Å². The highest BCUT2D eigenvalue weighted by molar-refractivity contribution is 5.81. The van der Waals surface area contributed by atoms with Gasteiger partial charge in [0, 0.05) is 13.1 Å². The Morgan fingerprint density at radius 2 is 2.31 bits per heavy atom. The van der Waals surface area contributed by atoms with E-state index in [2.05, 4.69) is 17.1 Å². The van der Waals surface area contributed by atoms with E-state index in [1.54, 1.807) is 0 Å². The van der Waals surface area contributed by atoms with Gasteiger partial charge in [-0.3, -0.25) is 4.79 Å². The Balaban J connectivity index is 2.17. The summed E-state index contributed by atoms with van der Waals surface area (Å²) in [4.78, 5) is 14.0. The molecule has 0 spiro atoms. The van der Waals surface area contributed by atoms with Gasteiger partial charge in [0.15, 0.2) is 0 Å². The smallest absolute Gasteiger partial charge is 0.236 e. The molecule has 3 N–H and O–H groups in total. The number of nitrogens with zero attached hydrogens (tertiary/aromatic N) is 1. The van der Waals surface area contributed by atoms with Crippen molar-refractivity contribution in [3.63, 3.8) is 0 Å². The predicted molar refractivity (Wildman–Crippen MR) is 66.1 cm³/mol. The molecule has 0 saturated carbocycles. The molecule has 1 aliphatic heterocycles. The zero-order valence-corrected chi connectivity index (χ0v) is 10.5. The van der Waals surface area contributed by atoms with Crippen LogP contribution in [0, 0.1) is 5.92 Å². The van der Waals surface area contributed by atoms with E-state index in [1.165, 1.54) is 6.42 Å². The Morgan fingerprint density at radius 1 is 1.56 bits per heavy atom. The number of nitrogens with two attached hydrogens (primary N) is 1. The number of hydrogen-bond acceptors (Lipinski definition) is 3. The third-order valence-electron chi connectivity index (χ3n) is 3.32. The molecule has 94 valence electrons. The van der Waals surface area contributed by atoms with Crippen molar-refractivity contribution in [1.29, 1.82) is 0 Å². The SMILES string of the molecule is CCC[C@H](N)C(=O)NCC1CCN(CC)C1. The summed E-state index contributed by atoms with van der Waals surface area (Å²) in [6.07, 6.45) is 2.93. The lowest BCUT2D eigenvalue weighted by Gasteiger charge is -2.15. The van der Waals surface area contributed by atoms with Crippen LogP contribution in [0.4, 0.5) is 0 Å². The molecule has 2 atom stereocenters. The third kappa shape index (κ3) is 4.10. The molecule has 1 saturated heterocycles. The fraction of sp³-hybridized carbons (Fsp3) is 0.917. The van der Waals surface area contributed by atoms with E-state index in [0.717, 1.165) is 39.0 Å². The molecule has 4 heteroatoms. The highest BCUT2D eigenvalue weighted by Gasteiger charge is 2.22. The summed E-state index contributed by atoms with van der Waals surface area (Å²) in [7, 11) is 0. The number of amides is 1. The summed E-state index contributed by atoms with van der Waals surface area (Å²) in [5, 5.41) is 2.96. The largest absolute Gasteiger partial charge is 0.354 e. The molecule has 1 rings (SSSR count). The second-order valence-corrected chi connectivity index (χ2v) is 4.69. The molecular weight excluding hydrogens is 202 g/mol. The molecule has 1 unspecified atom stereocenters. The quantitative estimate of drug-likeness (QED) is 0.697. The molecule has 0 radical (unpaired) electrons. The van der Waals surface area contributed by atoms with Gasteiger partial charge in [-0.05, 0) is 31.8 Å². The molecule has 0 bridgehead atoms. The van der Waals surface area contributed by atoms with Crippen molar-refractivity contribution in [2.45, 2.75) is 39.2 Å². The Kier molecular flexibility index (Phi) is 5.77. The number of carbonyl (C=O) groups excluding carboxylic acids is 1. The van der Waals surface area contributed by atoms with Gasteiger partial charge in [-0.2, -0.15) is 0 Å². The van der Waals surface area contributed by atoms with Gasteiger partial charge in [-0.25, -0.2) is 0 Å². The molecule has 0 aromatic rings. The van der Waals surface area contributed by atoms with Crippen LogP contribution in [0.25, 0.3) is 0 Å². The topological polar surface area (TPSA) is 58.4 Å². The minimum Gasteiger partial charge on any atom is -0.354 e. The van der Waals surface area contributed by atoms with Gasteiger partial charge in [0.05, 0.1) is 6.04 Å². The first kappa shape index (κ1) is 13.5. The monoisotopic (exact) mass is 227 g/mol. The second kappa shape index (κ2) is 6.86. The number of rotatable bonds is 6. The molecule has 0 aromatic carbocycles. The summed E-state index contributed by atoms with van der Waals surface area (Å²) in [6.45, 7) is 8.39. The lowest BCUT2D eigenvalue weighted by atomic mass is 10.1. The van der Waals surface area contributed by atoms with Crippen LogP contribution in [0.1, 0.15) is 33.1 Å². The van der Waals surface area contributed by atoms with Gasteiger partial charge < -0.3 is 16.0 Å². The molecule has 16 heavy (non-hydrogen) atoms. The fourth-order valence-electron chi connectivity index (χ4n) is 2.18. The molecule has 1 amide bonds. The highest BCUT2D eigenvalue weighted by Crippen LogP contribution is 2.14. The molecular formula is C12H25N3O. The van der Waals surface area contributed by atoms with Crippen molar-refractivity contribution in [3.8, 4) is 0 Å². The van der Waals surface area contributed by atoms with Gasteiger partial charge in [0.1, 0.15) is 0 Å². The standard InChI is InChI=1S/C12H25N3O/c1-3-5-11(13)12(16)14-8-10-6-7-15(4-2)9-10/h10-11H,3-9,13H2,1-2H3,(H,14,16)/t10?,11-/m0/s1. The van der Waals surface area contributed by atoms with Crippen LogP contribution >= 0.6 is 0 Å². The molecule has 0 aromatic heterocycles. The van der Waals surface area contributed by atoms with Crippen molar-refractivity contribution in [2.75, 3.05) is 26.2 Å². The van der Waals surface area contributed by atoms with Crippen molar-refractivity contribution in [2.24, 2.45) is 11.7 Å². The average molecular weight is 227 g/mol. The van der Waals surface area contributed by atoms with Gasteiger partial charge in [-0.1, -0.05) is 20.3 Å². The van der Waals surface area contributed by atoms with Crippen molar-refractivity contribution < 1.29 is 4.79 Å². The van der Waals surface area contributed by atoms with Crippen molar-refractivity contribution >= 4 is 5.91 Å². The van der Waals surface area contributed by atoms with Crippen LogP contribution in [0.15, 0.2) is 0 Å². The first-order chi connectivity index (χ1) is 7.67. The number of nitrogens with one attached hydrogen (secondary N) is 1. The zero-order valence-electron chi connectivity index (χ0n) is 10.5. The van der Waals surface area contributed by atoms with E-state index in [0.29, 0.717) is 5.92 Å². The first-order valence-corrected chi connectivity index (χ1v) is 6.43. The van der Waals surface area contributed by atoms with E-state index >= 15 is 0 Å². The Labute approximate surface area is 98.6 Å². The van der Waals surface area contributed by atoms with E-state index in [4.69, 9.17) is 5.73 Å². The van der Waals surface area contributed by atoms with Crippen LogP contribution < -0.4 is 11.1 Å². The highest BCUT2D eigenvalue weighted by atomic mass is 16.2. The summed E-state index contributed by atoms with van der Waals surface area (Å²) < 4.78 is 0. The van der Waals surface area contributed by atoms with Crippen LogP contribution in [0.2, 0.25) is 0 Å². The van der Waals surface area contributed by atoms with Crippen LogP contribution in [-0.4, -0.2) is 43.0 Å². The van der Waals surface area contributed by atoms with Gasteiger partial charge >= 0.3 is 0 Å². The van der Waals surface area contributed by atoms with Crippen LogP contribution in [0.3, 0.4) is 0 Å². The zero-order chi connectivity index (χ0) is 12.0. The Morgan fingerprint density at radius 3 is 2.88 bits per heavy atom. The molecule has 4 nitrogen and oxygen atoms in total. The van der Waals surface area contributed by atoms with Crippen LogP contribution in [-0.2, 0) is 4.79 Å². The number of hydrogen-bond donors (Lipinski definition) is 2. The van der Waals surface area contributed by atoms with E-state index in [1.807, 2.05) is 6.92 Å². The maximum atomic E-state index is 11.6. The minimum atomic E-state index is -0.325. The summed E-state index contributed by atoms with van der Waals surface area (Å²) in [5.74, 6) is 0.620.